The number of carbonyl (C=O) groups is 1. The standard InChI is InChI=1S/C17H17ClO2/c1-2-13-20-16(19)17(18,14-9-5-3-6-10-14)15-11-7-4-8-12-15/h3-12H,2,13H2,1H3. The largest absolute Gasteiger partial charge is 0.464 e. The summed E-state index contributed by atoms with van der Waals surface area (Å²) >= 11 is 6.70. The van der Waals surface area contributed by atoms with E-state index in [0.29, 0.717) is 17.7 Å². The van der Waals surface area contributed by atoms with Crippen molar-refractivity contribution in [2.45, 2.75) is 18.2 Å². The van der Waals surface area contributed by atoms with E-state index in [4.69, 9.17) is 16.3 Å². The molecular formula is C17H17ClO2. The monoisotopic (exact) mass is 288 g/mol. The molecular weight excluding hydrogens is 272 g/mol. The zero-order valence-corrected chi connectivity index (χ0v) is 12.1. The van der Waals surface area contributed by atoms with Crippen LogP contribution < -0.4 is 0 Å². The Balaban J connectivity index is 2.46. The van der Waals surface area contributed by atoms with Gasteiger partial charge in [-0.2, -0.15) is 0 Å². The summed E-state index contributed by atoms with van der Waals surface area (Å²) in [6.45, 7) is 2.32. The van der Waals surface area contributed by atoms with Crippen LogP contribution in [0.4, 0.5) is 0 Å². The number of carbonyl (C=O) groups excluding carboxylic acids is 1. The maximum atomic E-state index is 12.5. The number of ether oxygens (including phenoxy) is 1. The van der Waals surface area contributed by atoms with Crippen molar-refractivity contribution >= 4 is 17.6 Å². The molecule has 0 spiro atoms. The summed E-state index contributed by atoms with van der Waals surface area (Å²) in [7, 11) is 0. The van der Waals surface area contributed by atoms with Gasteiger partial charge in [0.1, 0.15) is 0 Å². The summed E-state index contributed by atoms with van der Waals surface area (Å²) < 4.78 is 5.29. The van der Waals surface area contributed by atoms with E-state index in [1.54, 1.807) is 0 Å². The summed E-state index contributed by atoms with van der Waals surface area (Å²) in [5.41, 5.74) is 1.43. The maximum absolute atomic E-state index is 12.5. The van der Waals surface area contributed by atoms with Crippen LogP contribution in [0.15, 0.2) is 60.7 Å². The van der Waals surface area contributed by atoms with Gasteiger partial charge in [-0.25, -0.2) is 4.79 Å². The van der Waals surface area contributed by atoms with Crippen molar-refractivity contribution in [1.29, 1.82) is 0 Å². The number of alkyl halides is 1. The van der Waals surface area contributed by atoms with Gasteiger partial charge in [0.05, 0.1) is 6.61 Å². The SMILES string of the molecule is CCCOC(=O)C(Cl)(c1ccccc1)c1ccccc1. The van der Waals surface area contributed by atoms with Crippen molar-refractivity contribution < 1.29 is 9.53 Å². The summed E-state index contributed by atoms with van der Waals surface area (Å²) in [6.07, 6.45) is 0.766. The number of rotatable bonds is 5. The summed E-state index contributed by atoms with van der Waals surface area (Å²) in [6, 6.07) is 18.6. The molecule has 0 fully saturated rings. The Hall–Kier alpha value is -1.80. The zero-order valence-electron chi connectivity index (χ0n) is 11.4. The molecule has 3 heteroatoms. The number of benzene rings is 2. The molecule has 0 N–H and O–H groups in total. The topological polar surface area (TPSA) is 26.3 Å². The van der Waals surface area contributed by atoms with Gasteiger partial charge in [0.15, 0.2) is 4.87 Å². The number of hydrogen-bond acceptors (Lipinski definition) is 2. The third-order valence-corrected chi connectivity index (χ3v) is 3.65. The quantitative estimate of drug-likeness (QED) is 0.611. The predicted molar refractivity (Wildman–Crippen MR) is 80.8 cm³/mol. The van der Waals surface area contributed by atoms with Crippen LogP contribution in [0.25, 0.3) is 0 Å². The van der Waals surface area contributed by atoms with Crippen LogP contribution in [0.1, 0.15) is 24.5 Å². The molecule has 2 aromatic carbocycles. The van der Waals surface area contributed by atoms with Gasteiger partial charge in [-0.05, 0) is 17.5 Å². The van der Waals surface area contributed by atoms with Gasteiger partial charge in [-0.1, -0.05) is 79.2 Å². The highest BCUT2D eigenvalue weighted by Gasteiger charge is 2.41. The molecule has 2 aromatic rings. The third kappa shape index (κ3) is 2.86. The zero-order chi connectivity index (χ0) is 14.4. The van der Waals surface area contributed by atoms with E-state index in [-0.39, 0.29) is 0 Å². The summed E-state index contributed by atoms with van der Waals surface area (Å²) in [5.74, 6) is -0.432. The molecule has 104 valence electrons. The Morgan fingerprint density at radius 3 is 1.85 bits per heavy atom. The molecule has 0 radical (unpaired) electrons. The fourth-order valence-corrected chi connectivity index (χ4v) is 2.34. The minimum Gasteiger partial charge on any atom is -0.464 e. The smallest absolute Gasteiger partial charge is 0.336 e. The van der Waals surface area contributed by atoms with Gasteiger partial charge in [0.2, 0.25) is 0 Å². The van der Waals surface area contributed by atoms with Crippen LogP contribution >= 0.6 is 11.6 Å². The van der Waals surface area contributed by atoms with E-state index in [1.165, 1.54) is 0 Å². The third-order valence-electron chi connectivity index (χ3n) is 3.06. The van der Waals surface area contributed by atoms with Crippen molar-refractivity contribution in [3.63, 3.8) is 0 Å². The van der Waals surface area contributed by atoms with E-state index < -0.39 is 10.8 Å². The highest BCUT2D eigenvalue weighted by atomic mass is 35.5. The molecule has 0 saturated heterocycles. The van der Waals surface area contributed by atoms with Crippen molar-refractivity contribution in [3.05, 3.63) is 71.8 Å². The highest BCUT2D eigenvalue weighted by molar-refractivity contribution is 6.36. The van der Waals surface area contributed by atoms with E-state index in [0.717, 1.165) is 6.42 Å². The lowest BCUT2D eigenvalue weighted by atomic mass is 9.90. The minimum atomic E-state index is -1.29. The molecule has 0 amide bonds. The second-order valence-corrected chi connectivity index (χ2v) is 5.09. The first-order valence-corrected chi connectivity index (χ1v) is 7.04. The Labute approximate surface area is 124 Å². The second kappa shape index (κ2) is 6.58. The first-order valence-electron chi connectivity index (χ1n) is 6.66. The Bertz CT molecular complexity index is 512. The molecule has 2 rings (SSSR count). The van der Waals surface area contributed by atoms with Crippen LogP contribution in [0, 0.1) is 0 Å². The lowest BCUT2D eigenvalue weighted by molar-refractivity contribution is -0.146. The van der Waals surface area contributed by atoms with E-state index in [2.05, 4.69) is 0 Å². The first-order chi connectivity index (χ1) is 9.69. The van der Waals surface area contributed by atoms with Gasteiger partial charge >= 0.3 is 5.97 Å². The molecule has 0 unspecified atom stereocenters. The molecule has 0 saturated carbocycles. The van der Waals surface area contributed by atoms with Gasteiger partial charge in [-0.3, -0.25) is 0 Å². The van der Waals surface area contributed by atoms with Gasteiger partial charge in [0, 0.05) is 0 Å². The van der Waals surface area contributed by atoms with Crippen LogP contribution in [-0.2, 0) is 14.4 Å². The normalized spacial score (nSPS) is 11.1. The van der Waals surface area contributed by atoms with Crippen LogP contribution in [0.5, 0.6) is 0 Å². The Morgan fingerprint density at radius 1 is 1.00 bits per heavy atom. The van der Waals surface area contributed by atoms with Crippen molar-refractivity contribution in [1.82, 2.24) is 0 Å². The molecule has 0 aliphatic rings. The molecule has 0 aliphatic carbocycles. The lowest BCUT2D eigenvalue weighted by Crippen LogP contribution is -2.33. The molecule has 0 aliphatic heterocycles. The lowest BCUT2D eigenvalue weighted by Gasteiger charge is -2.26. The van der Waals surface area contributed by atoms with Crippen LogP contribution in [-0.4, -0.2) is 12.6 Å². The minimum absolute atomic E-state index is 0.368. The maximum Gasteiger partial charge on any atom is 0.336 e. The fourth-order valence-electron chi connectivity index (χ4n) is 2.03. The number of hydrogen-bond donors (Lipinski definition) is 0. The highest BCUT2D eigenvalue weighted by Crippen LogP contribution is 2.37. The molecule has 2 nitrogen and oxygen atoms in total. The van der Waals surface area contributed by atoms with Crippen molar-refractivity contribution in [2.75, 3.05) is 6.61 Å². The predicted octanol–water partition coefficient (Wildman–Crippen LogP) is 4.12. The van der Waals surface area contributed by atoms with E-state index >= 15 is 0 Å². The first kappa shape index (κ1) is 14.6. The summed E-state index contributed by atoms with van der Waals surface area (Å²) in [4.78, 5) is 11.2. The Morgan fingerprint density at radius 2 is 1.45 bits per heavy atom. The molecule has 0 bridgehead atoms. The number of halogens is 1. The van der Waals surface area contributed by atoms with Crippen LogP contribution in [0.2, 0.25) is 0 Å². The molecule has 20 heavy (non-hydrogen) atoms. The van der Waals surface area contributed by atoms with Crippen molar-refractivity contribution in [2.24, 2.45) is 0 Å². The fraction of sp³-hybridized carbons (Fsp3) is 0.235. The molecule has 0 heterocycles. The van der Waals surface area contributed by atoms with E-state index in [1.807, 2.05) is 67.6 Å². The van der Waals surface area contributed by atoms with E-state index in [9.17, 15) is 4.79 Å². The molecule has 0 aromatic heterocycles. The van der Waals surface area contributed by atoms with Gasteiger partial charge in [0.25, 0.3) is 0 Å². The van der Waals surface area contributed by atoms with Gasteiger partial charge < -0.3 is 4.74 Å². The van der Waals surface area contributed by atoms with Gasteiger partial charge in [-0.15, -0.1) is 0 Å². The number of esters is 1. The second-order valence-electron chi connectivity index (χ2n) is 4.53. The van der Waals surface area contributed by atoms with Crippen LogP contribution in [0.3, 0.4) is 0 Å². The van der Waals surface area contributed by atoms with Crippen molar-refractivity contribution in [3.8, 4) is 0 Å². The summed E-state index contributed by atoms with van der Waals surface area (Å²) in [5, 5.41) is 0. The molecule has 0 atom stereocenters. The average molecular weight is 289 g/mol. The average Bonchev–Trinajstić information content (AvgIpc) is 2.53. The Kier molecular flexibility index (Phi) is 4.80.